The van der Waals surface area contributed by atoms with E-state index in [1.54, 1.807) is 25.1 Å². The summed E-state index contributed by atoms with van der Waals surface area (Å²) in [6, 6.07) is 9.74. The third-order valence-electron chi connectivity index (χ3n) is 2.84. The van der Waals surface area contributed by atoms with Gasteiger partial charge in [-0.25, -0.2) is 9.37 Å². The summed E-state index contributed by atoms with van der Waals surface area (Å²) in [7, 11) is 0. The number of aryl methyl sites for hydroxylation is 1. The normalized spacial score (nSPS) is 10.3. The Hall–Kier alpha value is -3.07. The first-order valence-electron chi connectivity index (χ1n) is 6.13. The fourth-order valence-corrected chi connectivity index (χ4v) is 1.90. The van der Waals surface area contributed by atoms with Crippen molar-refractivity contribution in [3.63, 3.8) is 0 Å². The van der Waals surface area contributed by atoms with E-state index >= 15 is 0 Å². The smallest absolute Gasteiger partial charge is 0.276 e. The minimum Gasteiger partial charge on any atom is -0.332 e. The molecule has 3 rings (SSSR count). The standard InChI is InChI=1S/C15H9FN4O/c1-9-4-11(6-12(16)5-9)14-19-15(21-20-14)13-3-2-10(7-17)8-18-13/h2-6,8H,1H3. The van der Waals surface area contributed by atoms with Gasteiger partial charge in [-0.1, -0.05) is 5.16 Å². The fraction of sp³-hybridized carbons (Fsp3) is 0.0667. The van der Waals surface area contributed by atoms with E-state index in [2.05, 4.69) is 15.1 Å². The van der Waals surface area contributed by atoms with Gasteiger partial charge in [-0.2, -0.15) is 10.2 Å². The fourth-order valence-electron chi connectivity index (χ4n) is 1.90. The van der Waals surface area contributed by atoms with Crippen molar-refractivity contribution < 1.29 is 8.91 Å². The van der Waals surface area contributed by atoms with Crippen molar-refractivity contribution >= 4 is 0 Å². The van der Waals surface area contributed by atoms with Crippen molar-refractivity contribution in [1.82, 2.24) is 15.1 Å². The first-order valence-corrected chi connectivity index (χ1v) is 6.13. The zero-order valence-corrected chi connectivity index (χ0v) is 11.0. The van der Waals surface area contributed by atoms with E-state index in [9.17, 15) is 4.39 Å². The minimum atomic E-state index is -0.354. The second kappa shape index (κ2) is 5.13. The highest BCUT2D eigenvalue weighted by atomic mass is 19.1. The summed E-state index contributed by atoms with van der Waals surface area (Å²) in [6.45, 7) is 1.79. The zero-order chi connectivity index (χ0) is 14.8. The van der Waals surface area contributed by atoms with Gasteiger partial charge in [-0.15, -0.1) is 0 Å². The van der Waals surface area contributed by atoms with Gasteiger partial charge in [0.05, 0.1) is 5.56 Å². The molecule has 0 aliphatic heterocycles. The average Bonchev–Trinajstić information content (AvgIpc) is 2.96. The van der Waals surface area contributed by atoms with Crippen LogP contribution in [0.5, 0.6) is 0 Å². The highest BCUT2D eigenvalue weighted by Crippen LogP contribution is 2.22. The molecule has 0 fully saturated rings. The minimum absolute atomic E-state index is 0.219. The molecule has 0 N–H and O–H groups in total. The Morgan fingerprint density at radius 2 is 2.10 bits per heavy atom. The second-order valence-electron chi connectivity index (χ2n) is 4.48. The van der Waals surface area contributed by atoms with Gasteiger partial charge in [0.25, 0.3) is 5.89 Å². The van der Waals surface area contributed by atoms with Gasteiger partial charge < -0.3 is 4.52 Å². The molecule has 2 heterocycles. The van der Waals surface area contributed by atoms with Crippen molar-refractivity contribution in [2.45, 2.75) is 6.92 Å². The summed E-state index contributed by atoms with van der Waals surface area (Å²) in [4.78, 5) is 8.27. The number of benzene rings is 1. The molecule has 1 aromatic carbocycles. The first kappa shape index (κ1) is 12.9. The Bertz CT molecular complexity index is 813. The third kappa shape index (κ3) is 2.62. The Morgan fingerprint density at radius 3 is 2.76 bits per heavy atom. The van der Waals surface area contributed by atoms with Crippen molar-refractivity contribution in [3.05, 3.63) is 53.5 Å². The van der Waals surface area contributed by atoms with Gasteiger partial charge in [0, 0.05) is 11.8 Å². The summed E-state index contributed by atoms with van der Waals surface area (Å²) in [5.74, 6) is 0.156. The largest absolute Gasteiger partial charge is 0.332 e. The van der Waals surface area contributed by atoms with Crippen molar-refractivity contribution in [3.8, 4) is 29.0 Å². The lowest BCUT2D eigenvalue weighted by Gasteiger charge is -1.97. The molecule has 0 atom stereocenters. The summed E-state index contributed by atoms with van der Waals surface area (Å²) in [6.07, 6.45) is 1.42. The van der Waals surface area contributed by atoms with Gasteiger partial charge in [-0.05, 0) is 42.8 Å². The van der Waals surface area contributed by atoms with E-state index in [1.165, 1.54) is 18.3 Å². The van der Waals surface area contributed by atoms with Crippen LogP contribution in [-0.2, 0) is 0 Å². The van der Waals surface area contributed by atoms with Crippen LogP contribution in [0.25, 0.3) is 23.0 Å². The molecule has 0 spiro atoms. The van der Waals surface area contributed by atoms with E-state index in [4.69, 9.17) is 9.78 Å². The zero-order valence-electron chi connectivity index (χ0n) is 11.0. The van der Waals surface area contributed by atoms with Gasteiger partial charge in [0.2, 0.25) is 5.82 Å². The predicted octanol–water partition coefficient (Wildman–Crippen LogP) is 3.12. The van der Waals surface area contributed by atoms with Crippen LogP contribution in [0, 0.1) is 24.1 Å². The van der Waals surface area contributed by atoms with E-state index in [-0.39, 0.29) is 11.7 Å². The van der Waals surface area contributed by atoms with Crippen LogP contribution in [0.2, 0.25) is 0 Å². The molecular weight excluding hydrogens is 271 g/mol. The number of hydrogen-bond donors (Lipinski definition) is 0. The highest BCUT2D eigenvalue weighted by Gasteiger charge is 2.12. The van der Waals surface area contributed by atoms with E-state index in [0.29, 0.717) is 22.6 Å². The second-order valence-corrected chi connectivity index (χ2v) is 4.48. The summed E-state index contributed by atoms with van der Waals surface area (Å²) in [5, 5.41) is 12.6. The molecule has 0 bridgehead atoms. The molecule has 6 heteroatoms. The van der Waals surface area contributed by atoms with E-state index in [1.807, 2.05) is 6.07 Å². The molecule has 0 amide bonds. The highest BCUT2D eigenvalue weighted by molar-refractivity contribution is 5.59. The topological polar surface area (TPSA) is 75.6 Å². The monoisotopic (exact) mass is 280 g/mol. The van der Waals surface area contributed by atoms with Crippen LogP contribution >= 0.6 is 0 Å². The number of aromatic nitrogens is 3. The molecule has 0 saturated carbocycles. The van der Waals surface area contributed by atoms with Crippen molar-refractivity contribution in [2.24, 2.45) is 0 Å². The molecule has 0 unspecified atom stereocenters. The summed E-state index contributed by atoms with van der Waals surface area (Å²) < 4.78 is 18.5. The molecule has 0 aliphatic rings. The number of rotatable bonds is 2. The van der Waals surface area contributed by atoms with E-state index < -0.39 is 0 Å². The number of halogens is 1. The number of nitriles is 1. The lowest BCUT2D eigenvalue weighted by molar-refractivity contribution is 0.431. The van der Waals surface area contributed by atoms with E-state index in [0.717, 1.165) is 5.56 Å². The maximum Gasteiger partial charge on any atom is 0.276 e. The number of nitrogens with zero attached hydrogens (tertiary/aromatic N) is 4. The Kier molecular flexibility index (Phi) is 3.16. The lowest BCUT2D eigenvalue weighted by atomic mass is 10.1. The van der Waals surface area contributed by atoms with Crippen LogP contribution < -0.4 is 0 Å². The van der Waals surface area contributed by atoms with Crippen LogP contribution in [0.15, 0.2) is 41.1 Å². The maximum absolute atomic E-state index is 13.4. The molecular formula is C15H9FN4O. The Labute approximate surface area is 119 Å². The van der Waals surface area contributed by atoms with Crippen LogP contribution in [0.3, 0.4) is 0 Å². The molecule has 2 aromatic heterocycles. The molecule has 21 heavy (non-hydrogen) atoms. The first-order chi connectivity index (χ1) is 10.2. The van der Waals surface area contributed by atoms with Gasteiger partial charge >= 0.3 is 0 Å². The molecule has 0 radical (unpaired) electrons. The lowest BCUT2D eigenvalue weighted by Crippen LogP contribution is -1.87. The summed E-state index contributed by atoms with van der Waals surface area (Å²) >= 11 is 0. The predicted molar refractivity (Wildman–Crippen MR) is 72.4 cm³/mol. The quantitative estimate of drug-likeness (QED) is 0.720. The van der Waals surface area contributed by atoms with Crippen molar-refractivity contribution in [2.75, 3.05) is 0 Å². The van der Waals surface area contributed by atoms with Gasteiger partial charge in [0.1, 0.15) is 17.6 Å². The Morgan fingerprint density at radius 1 is 1.24 bits per heavy atom. The molecule has 102 valence electrons. The number of pyridine rings is 1. The average molecular weight is 280 g/mol. The maximum atomic E-state index is 13.4. The molecule has 0 aliphatic carbocycles. The molecule has 5 nitrogen and oxygen atoms in total. The molecule has 0 saturated heterocycles. The van der Waals surface area contributed by atoms with Gasteiger partial charge in [0.15, 0.2) is 0 Å². The molecule has 3 aromatic rings. The Balaban J connectivity index is 1.97. The summed E-state index contributed by atoms with van der Waals surface area (Å²) in [5.41, 5.74) is 2.21. The third-order valence-corrected chi connectivity index (χ3v) is 2.84. The SMILES string of the molecule is Cc1cc(F)cc(-c2noc(-c3ccc(C#N)cn3)n2)c1. The van der Waals surface area contributed by atoms with Gasteiger partial charge in [-0.3, -0.25) is 0 Å². The van der Waals surface area contributed by atoms with Crippen LogP contribution in [0.4, 0.5) is 4.39 Å². The van der Waals surface area contributed by atoms with Crippen LogP contribution in [0.1, 0.15) is 11.1 Å². The van der Waals surface area contributed by atoms with Crippen molar-refractivity contribution in [1.29, 1.82) is 5.26 Å². The number of hydrogen-bond acceptors (Lipinski definition) is 5. The van der Waals surface area contributed by atoms with Crippen LogP contribution in [-0.4, -0.2) is 15.1 Å².